The smallest absolute Gasteiger partial charge is 0.266 e. The number of hydrogen-bond acceptors (Lipinski definition) is 5. The highest BCUT2D eigenvalue weighted by Gasteiger charge is 2.13. The van der Waals surface area contributed by atoms with Gasteiger partial charge in [-0.25, -0.2) is 0 Å². The topological polar surface area (TPSA) is 43.4 Å². The minimum absolute atomic E-state index is 0.217. The van der Waals surface area contributed by atoms with Crippen LogP contribution in [0, 0.1) is 0 Å². The summed E-state index contributed by atoms with van der Waals surface area (Å²) in [6, 6.07) is 8.22. The lowest BCUT2D eigenvalue weighted by Gasteiger charge is -2.05. The van der Waals surface area contributed by atoms with Crippen LogP contribution in [0.25, 0.3) is 0 Å². The molecular weight excluding hydrogens is 276 g/mol. The van der Waals surface area contributed by atoms with Gasteiger partial charge in [-0.05, 0) is 18.4 Å². The maximum atomic E-state index is 11.7. The molecule has 0 N–H and O–H groups in total. The standard InChI is InChI=1S/C11H16O3S3/c1-15-9-10-16-8-7-14-17(12,13)11-5-3-2-4-6-11/h2-6H,7-10H2,1H3. The second-order valence-corrected chi connectivity index (χ2v) is 7.02. The van der Waals surface area contributed by atoms with Crippen LogP contribution >= 0.6 is 23.5 Å². The van der Waals surface area contributed by atoms with Crippen molar-refractivity contribution in [1.82, 2.24) is 0 Å². The van der Waals surface area contributed by atoms with E-state index in [9.17, 15) is 8.42 Å². The first kappa shape index (κ1) is 14.9. The summed E-state index contributed by atoms with van der Waals surface area (Å²) in [7, 11) is -3.57. The van der Waals surface area contributed by atoms with Gasteiger partial charge in [-0.15, -0.1) is 0 Å². The van der Waals surface area contributed by atoms with Gasteiger partial charge in [0.15, 0.2) is 0 Å². The minimum atomic E-state index is -3.57. The molecule has 0 fully saturated rings. The molecule has 17 heavy (non-hydrogen) atoms. The van der Waals surface area contributed by atoms with Crippen molar-refractivity contribution in [2.75, 3.05) is 30.1 Å². The van der Waals surface area contributed by atoms with Crippen molar-refractivity contribution >= 4 is 33.6 Å². The van der Waals surface area contributed by atoms with Gasteiger partial charge in [0.25, 0.3) is 10.1 Å². The molecular formula is C11H16O3S3. The van der Waals surface area contributed by atoms with Crippen molar-refractivity contribution < 1.29 is 12.6 Å². The Morgan fingerprint density at radius 3 is 2.47 bits per heavy atom. The highest BCUT2D eigenvalue weighted by molar-refractivity contribution is 8.02. The number of thioether (sulfide) groups is 2. The Morgan fingerprint density at radius 2 is 1.82 bits per heavy atom. The normalized spacial score (nSPS) is 11.6. The summed E-state index contributed by atoms with van der Waals surface area (Å²) in [5.74, 6) is 2.80. The number of benzene rings is 1. The number of rotatable bonds is 8. The molecule has 0 saturated heterocycles. The molecule has 0 radical (unpaired) electrons. The summed E-state index contributed by atoms with van der Waals surface area (Å²) >= 11 is 3.49. The average Bonchev–Trinajstić information content (AvgIpc) is 2.35. The quantitative estimate of drug-likeness (QED) is 0.544. The van der Waals surface area contributed by atoms with Gasteiger partial charge in [-0.3, -0.25) is 4.18 Å². The summed E-state index contributed by atoms with van der Waals surface area (Å²) in [5.41, 5.74) is 0. The molecule has 0 atom stereocenters. The molecule has 0 unspecified atom stereocenters. The van der Waals surface area contributed by atoms with Crippen molar-refractivity contribution in [1.29, 1.82) is 0 Å². The van der Waals surface area contributed by atoms with Gasteiger partial charge in [0.2, 0.25) is 0 Å². The van der Waals surface area contributed by atoms with E-state index >= 15 is 0 Å². The molecule has 6 heteroatoms. The molecule has 1 rings (SSSR count). The lowest BCUT2D eigenvalue weighted by Crippen LogP contribution is -2.09. The van der Waals surface area contributed by atoms with E-state index in [1.165, 1.54) is 12.1 Å². The second-order valence-electron chi connectivity index (χ2n) is 3.19. The SMILES string of the molecule is CSCCSCCOS(=O)(=O)c1ccccc1. The summed E-state index contributed by atoms with van der Waals surface area (Å²) in [4.78, 5) is 0.217. The van der Waals surface area contributed by atoms with Crippen molar-refractivity contribution in [2.45, 2.75) is 4.90 Å². The molecule has 0 amide bonds. The molecule has 0 aliphatic carbocycles. The third-order valence-electron chi connectivity index (χ3n) is 1.93. The highest BCUT2D eigenvalue weighted by atomic mass is 32.2. The Morgan fingerprint density at radius 1 is 1.12 bits per heavy atom. The monoisotopic (exact) mass is 292 g/mol. The molecule has 0 aliphatic rings. The van der Waals surface area contributed by atoms with E-state index in [1.807, 2.05) is 0 Å². The maximum absolute atomic E-state index is 11.7. The lowest BCUT2D eigenvalue weighted by molar-refractivity contribution is 0.341. The van der Waals surface area contributed by atoms with Crippen molar-refractivity contribution in [2.24, 2.45) is 0 Å². The minimum Gasteiger partial charge on any atom is -0.266 e. The van der Waals surface area contributed by atoms with E-state index in [4.69, 9.17) is 4.18 Å². The van der Waals surface area contributed by atoms with Crippen LogP contribution in [0.4, 0.5) is 0 Å². The van der Waals surface area contributed by atoms with Crippen LogP contribution in [0.5, 0.6) is 0 Å². The van der Waals surface area contributed by atoms with Crippen LogP contribution in [0.3, 0.4) is 0 Å². The van der Waals surface area contributed by atoms with Crippen LogP contribution in [-0.4, -0.2) is 38.5 Å². The first-order valence-electron chi connectivity index (χ1n) is 5.18. The van der Waals surface area contributed by atoms with E-state index in [1.54, 1.807) is 41.7 Å². The molecule has 0 saturated carbocycles. The third-order valence-corrected chi connectivity index (χ3v) is 5.08. The Bertz CT molecular complexity index is 403. The zero-order chi connectivity index (χ0) is 12.6. The van der Waals surface area contributed by atoms with Gasteiger partial charge in [0.1, 0.15) is 0 Å². The van der Waals surface area contributed by atoms with Crippen molar-refractivity contribution in [3.63, 3.8) is 0 Å². The molecule has 1 aromatic rings. The maximum Gasteiger partial charge on any atom is 0.296 e. The van der Waals surface area contributed by atoms with Gasteiger partial charge in [-0.1, -0.05) is 18.2 Å². The summed E-state index contributed by atoms with van der Waals surface area (Å²) in [6.07, 6.45) is 2.05. The van der Waals surface area contributed by atoms with E-state index in [-0.39, 0.29) is 11.5 Å². The van der Waals surface area contributed by atoms with Gasteiger partial charge in [-0.2, -0.15) is 31.9 Å². The molecule has 0 bridgehead atoms. The zero-order valence-electron chi connectivity index (χ0n) is 9.66. The fraction of sp³-hybridized carbons (Fsp3) is 0.455. The van der Waals surface area contributed by atoms with E-state index in [0.29, 0.717) is 5.75 Å². The molecule has 1 aromatic carbocycles. The van der Waals surface area contributed by atoms with Gasteiger partial charge in [0.05, 0.1) is 11.5 Å². The molecule has 96 valence electrons. The summed E-state index contributed by atoms with van der Waals surface area (Å²) < 4.78 is 28.3. The summed E-state index contributed by atoms with van der Waals surface area (Å²) in [6.45, 7) is 0.232. The second kappa shape index (κ2) is 8.02. The van der Waals surface area contributed by atoms with Crippen LogP contribution < -0.4 is 0 Å². The van der Waals surface area contributed by atoms with Crippen LogP contribution in [-0.2, 0) is 14.3 Å². The van der Waals surface area contributed by atoms with Crippen LogP contribution in [0.2, 0.25) is 0 Å². The summed E-state index contributed by atoms with van der Waals surface area (Å²) in [5, 5.41) is 0. The van der Waals surface area contributed by atoms with Crippen LogP contribution in [0.1, 0.15) is 0 Å². The highest BCUT2D eigenvalue weighted by Crippen LogP contribution is 2.12. The molecule has 0 aromatic heterocycles. The lowest BCUT2D eigenvalue weighted by atomic mass is 10.4. The molecule has 0 spiro atoms. The van der Waals surface area contributed by atoms with E-state index < -0.39 is 10.1 Å². The Hall–Kier alpha value is -0.170. The largest absolute Gasteiger partial charge is 0.296 e. The number of hydrogen-bond donors (Lipinski definition) is 0. The van der Waals surface area contributed by atoms with E-state index in [0.717, 1.165) is 11.5 Å². The Kier molecular flexibility index (Phi) is 7.03. The van der Waals surface area contributed by atoms with Gasteiger partial charge in [0, 0.05) is 17.3 Å². The van der Waals surface area contributed by atoms with Gasteiger partial charge < -0.3 is 0 Å². The van der Waals surface area contributed by atoms with Gasteiger partial charge >= 0.3 is 0 Å². The predicted octanol–water partition coefficient (Wildman–Crippen LogP) is 2.49. The molecule has 3 nitrogen and oxygen atoms in total. The van der Waals surface area contributed by atoms with Crippen LogP contribution in [0.15, 0.2) is 35.2 Å². The van der Waals surface area contributed by atoms with Crippen molar-refractivity contribution in [3.8, 4) is 0 Å². The molecule has 0 aliphatic heterocycles. The first-order valence-corrected chi connectivity index (χ1v) is 9.13. The third kappa shape index (κ3) is 5.81. The van der Waals surface area contributed by atoms with Crippen molar-refractivity contribution in [3.05, 3.63) is 30.3 Å². The zero-order valence-corrected chi connectivity index (χ0v) is 12.1. The first-order chi connectivity index (χ1) is 8.17. The fourth-order valence-corrected chi connectivity index (χ4v) is 3.68. The molecule has 0 heterocycles. The predicted molar refractivity (Wildman–Crippen MR) is 75.3 cm³/mol. The Labute approximate surface area is 111 Å². The van der Waals surface area contributed by atoms with E-state index in [2.05, 4.69) is 6.26 Å². The fourth-order valence-electron chi connectivity index (χ4n) is 1.10. The average molecular weight is 292 g/mol. The Balaban J connectivity index is 2.31.